The van der Waals surface area contributed by atoms with E-state index in [1.165, 1.54) is 0 Å². The Labute approximate surface area is 178 Å². The first-order valence-corrected chi connectivity index (χ1v) is 9.65. The van der Waals surface area contributed by atoms with Gasteiger partial charge in [-0.3, -0.25) is 9.59 Å². The Kier molecular flexibility index (Phi) is 5.93. The number of amides is 1. The van der Waals surface area contributed by atoms with Crippen LogP contribution in [0.2, 0.25) is 0 Å². The molecule has 7 nitrogen and oxygen atoms in total. The molecule has 0 spiro atoms. The number of anilines is 1. The van der Waals surface area contributed by atoms with Gasteiger partial charge in [0.15, 0.2) is 23.9 Å². The Balaban J connectivity index is 1.36. The molecule has 1 aliphatic heterocycles. The molecular formula is C24H19NO6. The molecule has 1 atom stereocenters. The Morgan fingerprint density at radius 1 is 0.871 bits per heavy atom. The summed E-state index contributed by atoms with van der Waals surface area (Å²) in [4.78, 5) is 37.4. The number of fused-ring (bicyclic) bond motifs is 1. The lowest BCUT2D eigenvalue weighted by Crippen LogP contribution is -2.39. The van der Waals surface area contributed by atoms with Crippen LogP contribution in [0.4, 0.5) is 5.69 Å². The number of para-hydroxylation sites is 3. The number of benzene rings is 3. The maximum absolute atomic E-state index is 12.8. The molecule has 0 saturated heterocycles. The van der Waals surface area contributed by atoms with Gasteiger partial charge in [-0.25, -0.2) is 4.79 Å². The van der Waals surface area contributed by atoms with Gasteiger partial charge in [0, 0.05) is 11.1 Å². The summed E-state index contributed by atoms with van der Waals surface area (Å²) in [6, 6.07) is 22.4. The van der Waals surface area contributed by atoms with E-state index in [0.29, 0.717) is 28.3 Å². The zero-order chi connectivity index (χ0) is 21.6. The van der Waals surface area contributed by atoms with Gasteiger partial charge in [-0.1, -0.05) is 54.6 Å². The maximum Gasteiger partial charge on any atom is 0.351 e. The number of ether oxygens (including phenoxy) is 3. The van der Waals surface area contributed by atoms with Gasteiger partial charge in [0.25, 0.3) is 5.91 Å². The first kappa shape index (κ1) is 20.2. The Bertz CT molecular complexity index is 1110. The van der Waals surface area contributed by atoms with Gasteiger partial charge >= 0.3 is 5.97 Å². The molecule has 0 bridgehead atoms. The number of nitrogens with one attached hydrogen (secondary N) is 1. The zero-order valence-corrected chi connectivity index (χ0v) is 16.4. The third kappa shape index (κ3) is 4.72. The molecule has 0 fully saturated rings. The highest BCUT2D eigenvalue weighted by Crippen LogP contribution is 2.31. The van der Waals surface area contributed by atoms with Gasteiger partial charge in [0.05, 0.1) is 5.69 Å². The number of esters is 1. The van der Waals surface area contributed by atoms with E-state index >= 15 is 0 Å². The van der Waals surface area contributed by atoms with Crippen LogP contribution in [-0.2, 0) is 14.3 Å². The number of carbonyl (C=O) groups excluding carboxylic acids is 3. The molecular weight excluding hydrogens is 398 g/mol. The van der Waals surface area contributed by atoms with Crippen molar-refractivity contribution in [1.29, 1.82) is 0 Å². The highest BCUT2D eigenvalue weighted by Gasteiger charge is 2.29. The molecule has 1 N–H and O–H groups in total. The summed E-state index contributed by atoms with van der Waals surface area (Å²) in [6.07, 6.45) is -0.963. The van der Waals surface area contributed by atoms with E-state index in [4.69, 9.17) is 14.2 Å². The smallest absolute Gasteiger partial charge is 0.351 e. The molecule has 31 heavy (non-hydrogen) atoms. The second kappa shape index (κ2) is 9.13. The van der Waals surface area contributed by atoms with Crippen molar-refractivity contribution in [3.8, 4) is 11.5 Å². The van der Waals surface area contributed by atoms with Crippen LogP contribution in [0, 0.1) is 0 Å². The third-order valence-corrected chi connectivity index (χ3v) is 4.60. The van der Waals surface area contributed by atoms with Crippen molar-refractivity contribution in [3.63, 3.8) is 0 Å². The fourth-order valence-electron chi connectivity index (χ4n) is 3.09. The van der Waals surface area contributed by atoms with Gasteiger partial charge in [-0.2, -0.15) is 0 Å². The van der Waals surface area contributed by atoms with E-state index in [0.717, 1.165) is 0 Å². The molecule has 7 heteroatoms. The van der Waals surface area contributed by atoms with Gasteiger partial charge < -0.3 is 19.5 Å². The van der Waals surface area contributed by atoms with Crippen molar-refractivity contribution < 1.29 is 28.6 Å². The highest BCUT2D eigenvalue weighted by atomic mass is 16.6. The molecule has 1 amide bonds. The summed E-state index contributed by atoms with van der Waals surface area (Å²) >= 11 is 0. The van der Waals surface area contributed by atoms with Crippen LogP contribution in [-0.4, -0.2) is 37.0 Å². The molecule has 1 aliphatic rings. The van der Waals surface area contributed by atoms with Crippen LogP contribution < -0.4 is 14.8 Å². The predicted octanol–water partition coefficient (Wildman–Crippen LogP) is 3.24. The third-order valence-electron chi connectivity index (χ3n) is 4.60. The summed E-state index contributed by atoms with van der Waals surface area (Å²) in [7, 11) is 0. The molecule has 0 saturated carbocycles. The lowest BCUT2D eigenvalue weighted by molar-refractivity contribution is -0.156. The summed E-state index contributed by atoms with van der Waals surface area (Å²) in [5, 5.41) is 2.63. The molecule has 4 rings (SSSR count). The fourth-order valence-corrected chi connectivity index (χ4v) is 3.09. The molecule has 0 unspecified atom stereocenters. The monoisotopic (exact) mass is 417 g/mol. The van der Waals surface area contributed by atoms with Gasteiger partial charge in [-0.15, -0.1) is 0 Å². The minimum atomic E-state index is -0.963. The van der Waals surface area contributed by atoms with Gasteiger partial charge in [0.2, 0.25) is 6.10 Å². The van der Waals surface area contributed by atoms with Crippen LogP contribution in [0.25, 0.3) is 0 Å². The molecule has 3 aromatic carbocycles. The lowest BCUT2D eigenvalue weighted by atomic mass is 10.0. The van der Waals surface area contributed by atoms with Crippen molar-refractivity contribution in [1.82, 2.24) is 0 Å². The standard InChI is InChI=1S/C24H19NO6/c26-22(15-30-24(28)21-14-29-19-12-6-7-13-20(19)31-21)25-18-11-5-4-10-17(18)23(27)16-8-2-1-3-9-16/h1-13,21H,14-15H2,(H,25,26)/t21-/m1/s1. The maximum atomic E-state index is 12.8. The Morgan fingerprint density at radius 2 is 1.55 bits per heavy atom. The highest BCUT2D eigenvalue weighted by molar-refractivity contribution is 6.13. The first-order chi connectivity index (χ1) is 15.1. The Hall–Kier alpha value is -4.13. The molecule has 0 radical (unpaired) electrons. The lowest BCUT2D eigenvalue weighted by Gasteiger charge is -2.24. The Morgan fingerprint density at radius 3 is 2.35 bits per heavy atom. The van der Waals surface area contributed by atoms with E-state index in [-0.39, 0.29) is 12.4 Å². The van der Waals surface area contributed by atoms with Crippen LogP contribution in [0.15, 0.2) is 78.9 Å². The molecule has 0 aliphatic carbocycles. The van der Waals surface area contributed by atoms with E-state index in [2.05, 4.69) is 5.32 Å². The van der Waals surface area contributed by atoms with Crippen LogP contribution in [0.5, 0.6) is 11.5 Å². The number of rotatable bonds is 6. The molecule has 156 valence electrons. The fraction of sp³-hybridized carbons (Fsp3) is 0.125. The minimum Gasteiger partial charge on any atom is -0.485 e. The summed E-state index contributed by atoms with van der Waals surface area (Å²) < 4.78 is 16.1. The van der Waals surface area contributed by atoms with E-state index < -0.39 is 24.6 Å². The zero-order valence-electron chi connectivity index (χ0n) is 16.4. The van der Waals surface area contributed by atoms with Crippen molar-refractivity contribution >= 4 is 23.3 Å². The van der Waals surface area contributed by atoms with Crippen molar-refractivity contribution in [3.05, 3.63) is 90.0 Å². The van der Waals surface area contributed by atoms with Crippen LogP contribution >= 0.6 is 0 Å². The van der Waals surface area contributed by atoms with Crippen molar-refractivity contribution in [2.75, 3.05) is 18.5 Å². The van der Waals surface area contributed by atoms with E-state index in [1.807, 2.05) is 6.07 Å². The quantitative estimate of drug-likeness (QED) is 0.489. The number of carbonyl (C=O) groups is 3. The first-order valence-electron chi connectivity index (χ1n) is 9.65. The topological polar surface area (TPSA) is 90.9 Å². The van der Waals surface area contributed by atoms with Gasteiger partial charge in [0.1, 0.15) is 6.61 Å². The summed E-state index contributed by atoms with van der Waals surface area (Å²) in [5.74, 6) is -0.519. The normalized spacial score (nSPS) is 14.4. The molecule has 0 aromatic heterocycles. The minimum absolute atomic E-state index is 0.00806. The van der Waals surface area contributed by atoms with Crippen LogP contribution in [0.1, 0.15) is 15.9 Å². The van der Waals surface area contributed by atoms with Crippen LogP contribution in [0.3, 0.4) is 0 Å². The number of hydrogen-bond acceptors (Lipinski definition) is 6. The van der Waals surface area contributed by atoms with E-state index in [9.17, 15) is 14.4 Å². The largest absolute Gasteiger partial charge is 0.485 e. The predicted molar refractivity (Wildman–Crippen MR) is 112 cm³/mol. The van der Waals surface area contributed by atoms with Gasteiger partial charge in [-0.05, 0) is 24.3 Å². The molecule has 3 aromatic rings. The number of hydrogen-bond donors (Lipinski definition) is 1. The van der Waals surface area contributed by atoms with Crippen molar-refractivity contribution in [2.45, 2.75) is 6.10 Å². The SMILES string of the molecule is O=C(COC(=O)[C@H]1COc2ccccc2O1)Nc1ccccc1C(=O)c1ccccc1. The number of ketones is 1. The van der Waals surface area contributed by atoms with Crippen molar-refractivity contribution in [2.24, 2.45) is 0 Å². The summed E-state index contributed by atoms with van der Waals surface area (Å²) in [5.41, 5.74) is 1.18. The average molecular weight is 417 g/mol. The second-order valence-corrected chi connectivity index (χ2v) is 6.76. The average Bonchev–Trinajstić information content (AvgIpc) is 2.82. The second-order valence-electron chi connectivity index (χ2n) is 6.76. The molecule has 1 heterocycles. The van der Waals surface area contributed by atoms with E-state index in [1.54, 1.807) is 72.8 Å². The summed E-state index contributed by atoms with van der Waals surface area (Å²) in [6.45, 7) is -0.528.